The number of rotatable bonds is 7. The predicted octanol–water partition coefficient (Wildman–Crippen LogP) is 3.22. The third kappa shape index (κ3) is 3.78. The molecule has 8 nitrogen and oxygen atoms in total. The minimum Gasteiger partial charge on any atom is -0.387 e. The van der Waals surface area contributed by atoms with Crippen LogP contribution in [0.4, 0.5) is 0 Å². The standard InChI is InChI=1S/C23H23N7O/c1-17(23(31)18-9-3-2-4-10-18)28(15-29-21-13-7-5-11-19(21)24-26-29)16-30-22-14-8-6-12-20(22)25-27-30/h2-14,17,23,31H,15-16H2,1H3. The molecule has 2 unspecified atom stereocenters. The average Bonchev–Trinajstić information content (AvgIpc) is 3.43. The van der Waals surface area contributed by atoms with Crippen LogP contribution in [0.5, 0.6) is 0 Å². The highest BCUT2D eigenvalue weighted by atomic mass is 16.3. The van der Waals surface area contributed by atoms with Crippen molar-refractivity contribution in [2.75, 3.05) is 0 Å². The van der Waals surface area contributed by atoms with Crippen molar-refractivity contribution in [3.63, 3.8) is 0 Å². The number of aliphatic hydroxyl groups excluding tert-OH is 1. The fraction of sp³-hybridized carbons (Fsp3) is 0.217. The third-order valence-electron chi connectivity index (χ3n) is 5.65. The second kappa shape index (κ2) is 8.25. The molecule has 3 aromatic carbocycles. The van der Waals surface area contributed by atoms with E-state index in [-0.39, 0.29) is 6.04 Å². The van der Waals surface area contributed by atoms with E-state index in [1.165, 1.54) is 0 Å². The Hall–Kier alpha value is -3.62. The molecule has 0 aliphatic rings. The Morgan fingerprint density at radius 2 is 1.23 bits per heavy atom. The minimum atomic E-state index is -0.675. The predicted molar refractivity (Wildman–Crippen MR) is 118 cm³/mol. The maximum atomic E-state index is 11.1. The highest BCUT2D eigenvalue weighted by Gasteiger charge is 2.25. The summed E-state index contributed by atoms with van der Waals surface area (Å²) >= 11 is 0. The van der Waals surface area contributed by atoms with Crippen LogP contribution in [0.2, 0.25) is 0 Å². The Kier molecular flexibility index (Phi) is 5.15. The number of hydrogen-bond donors (Lipinski definition) is 1. The molecular formula is C23H23N7O. The van der Waals surface area contributed by atoms with Gasteiger partial charge in [-0.25, -0.2) is 9.36 Å². The molecule has 0 aliphatic carbocycles. The second-order valence-corrected chi connectivity index (χ2v) is 7.62. The number of aromatic nitrogens is 6. The van der Waals surface area contributed by atoms with E-state index in [2.05, 4.69) is 25.5 Å². The zero-order chi connectivity index (χ0) is 21.2. The number of nitrogens with zero attached hydrogens (tertiary/aromatic N) is 7. The zero-order valence-electron chi connectivity index (χ0n) is 17.2. The molecule has 5 aromatic rings. The monoisotopic (exact) mass is 413 g/mol. The van der Waals surface area contributed by atoms with Crippen LogP contribution in [0, 0.1) is 0 Å². The lowest BCUT2D eigenvalue weighted by Crippen LogP contribution is -2.40. The van der Waals surface area contributed by atoms with Crippen LogP contribution in [0.3, 0.4) is 0 Å². The lowest BCUT2D eigenvalue weighted by molar-refractivity contribution is 0.0157. The van der Waals surface area contributed by atoms with E-state index in [4.69, 9.17) is 0 Å². The van der Waals surface area contributed by atoms with E-state index in [1.54, 1.807) is 0 Å². The lowest BCUT2D eigenvalue weighted by Gasteiger charge is -2.32. The largest absolute Gasteiger partial charge is 0.387 e. The van der Waals surface area contributed by atoms with Gasteiger partial charge in [0.1, 0.15) is 11.0 Å². The summed E-state index contributed by atoms with van der Waals surface area (Å²) in [7, 11) is 0. The summed E-state index contributed by atoms with van der Waals surface area (Å²) in [4.78, 5) is 2.12. The second-order valence-electron chi connectivity index (χ2n) is 7.62. The zero-order valence-corrected chi connectivity index (χ0v) is 17.2. The van der Waals surface area contributed by atoms with E-state index < -0.39 is 6.10 Å². The Bertz CT molecular complexity index is 1220. The van der Waals surface area contributed by atoms with Crippen LogP contribution in [-0.2, 0) is 13.3 Å². The van der Waals surface area contributed by atoms with Crippen molar-refractivity contribution in [2.24, 2.45) is 0 Å². The summed E-state index contributed by atoms with van der Waals surface area (Å²) in [6, 6.07) is 25.2. The van der Waals surface area contributed by atoms with Crippen LogP contribution < -0.4 is 0 Å². The van der Waals surface area contributed by atoms with Crippen LogP contribution >= 0.6 is 0 Å². The number of aliphatic hydroxyl groups is 1. The molecule has 0 saturated carbocycles. The Morgan fingerprint density at radius 1 is 0.742 bits per heavy atom. The van der Waals surface area contributed by atoms with Gasteiger partial charge in [0.05, 0.1) is 30.5 Å². The van der Waals surface area contributed by atoms with E-state index in [1.807, 2.05) is 95.2 Å². The molecule has 2 atom stereocenters. The maximum absolute atomic E-state index is 11.1. The first-order chi connectivity index (χ1) is 15.2. The van der Waals surface area contributed by atoms with E-state index in [0.717, 1.165) is 27.6 Å². The van der Waals surface area contributed by atoms with Gasteiger partial charge < -0.3 is 5.11 Å². The van der Waals surface area contributed by atoms with Gasteiger partial charge in [0.15, 0.2) is 0 Å². The smallest absolute Gasteiger partial charge is 0.113 e. The van der Waals surface area contributed by atoms with Gasteiger partial charge in [0.2, 0.25) is 0 Å². The summed E-state index contributed by atoms with van der Waals surface area (Å²) in [5, 5.41) is 28.3. The van der Waals surface area contributed by atoms with Crippen molar-refractivity contribution in [2.45, 2.75) is 32.4 Å². The van der Waals surface area contributed by atoms with Crippen molar-refractivity contribution in [3.8, 4) is 0 Å². The SMILES string of the molecule is CC(C(O)c1ccccc1)N(Cn1nnc2ccccc21)Cn1nnc2ccccc21. The van der Waals surface area contributed by atoms with Gasteiger partial charge in [0, 0.05) is 6.04 Å². The molecule has 0 bridgehead atoms. The Balaban J connectivity index is 1.49. The number of para-hydroxylation sites is 2. The summed E-state index contributed by atoms with van der Waals surface area (Å²) in [5.41, 5.74) is 4.43. The van der Waals surface area contributed by atoms with Gasteiger partial charge in [-0.1, -0.05) is 65.0 Å². The molecule has 156 valence electrons. The van der Waals surface area contributed by atoms with Crippen molar-refractivity contribution in [1.82, 2.24) is 34.9 Å². The summed E-state index contributed by atoms with van der Waals surface area (Å²) in [5.74, 6) is 0. The summed E-state index contributed by atoms with van der Waals surface area (Å²) in [6.45, 7) is 2.90. The molecule has 5 rings (SSSR count). The van der Waals surface area contributed by atoms with Crippen molar-refractivity contribution < 1.29 is 5.11 Å². The van der Waals surface area contributed by atoms with Crippen molar-refractivity contribution >= 4 is 22.1 Å². The average molecular weight is 413 g/mol. The molecule has 0 spiro atoms. The first kappa shape index (κ1) is 19.3. The molecule has 0 saturated heterocycles. The quantitative estimate of drug-likeness (QED) is 0.441. The molecule has 0 radical (unpaired) electrons. The van der Waals surface area contributed by atoms with Crippen molar-refractivity contribution in [3.05, 3.63) is 84.4 Å². The Morgan fingerprint density at radius 3 is 1.77 bits per heavy atom. The molecule has 0 amide bonds. The molecule has 2 aromatic heterocycles. The molecule has 8 heteroatoms. The van der Waals surface area contributed by atoms with Crippen LogP contribution in [-0.4, -0.2) is 46.0 Å². The maximum Gasteiger partial charge on any atom is 0.113 e. The highest BCUT2D eigenvalue weighted by molar-refractivity contribution is 5.74. The number of benzene rings is 3. The topological polar surface area (TPSA) is 84.9 Å². The molecular weight excluding hydrogens is 390 g/mol. The molecule has 0 aliphatic heterocycles. The van der Waals surface area contributed by atoms with Gasteiger partial charge in [-0.05, 0) is 36.8 Å². The van der Waals surface area contributed by atoms with Gasteiger partial charge in [-0.2, -0.15) is 0 Å². The number of hydrogen-bond acceptors (Lipinski definition) is 6. The molecule has 1 N–H and O–H groups in total. The first-order valence-electron chi connectivity index (χ1n) is 10.2. The fourth-order valence-electron chi connectivity index (χ4n) is 3.82. The van der Waals surface area contributed by atoms with Gasteiger partial charge in [-0.3, -0.25) is 4.90 Å². The van der Waals surface area contributed by atoms with Crippen molar-refractivity contribution in [1.29, 1.82) is 0 Å². The van der Waals surface area contributed by atoms with Gasteiger partial charge in [-0.15, -0.1) is 10.2 Å². The first-order valence-corrected chi connectivity index (χ1v) is 10.2. The summed E-state index contributed by atoms with van der Waals surface area (Å²) in [6.07, 6.45) is -0.675. The fourth-order valence-corrected chi connectivity index (χ4v) is 3.82. The van der Waals surface area contributed by atoms with Crippen LogP contribution in [0.15, 0.2) is 78.9 Å². The van der Waals surface area contributed by atoms with E-state index in [0.29, 0.717) is 13.3 Å². The normalized spacial score (nSPS) is 13.8. The minimum absolute atomic E-state index is 0.215. The van der Waals surface area contributed by atoms with Crippen LogP contribution in [0.25, 0.3) is 22.1 Å². The third-order valence-corrected chi connectivity index (χ3v) is 5.65. The summed E-state index contributed by atoms with van der Waals surface area (Å²) < 4.78 is 3.70. The Labute approximate surface area is 179 Å². The van der Waals surface area contributed by atoms with Gasteiger partial charge >= 0.3 is 0 Å². The number of fused-ring (bicyclic) bond motifs is 2. The highest BCUT2D eigenvalue weighted by Crippen LogP contribution is 2.23. The lowest BCUT2D eigenvalue weighted by atomic mass is 10.0. The molecule has 0 fully saturated rings. The van der Waals surface area contributed by atoms with Gasteiger partial charge in [0.25, 0.3) is 0 Å². The van der Waals surface area contributed by atoms with E-state index in [9.17, 15) is 5.11 Å². The van der Waals surface area contributed by atoms with Crippen LogP contribution in [0.1, 0.15) is 18.6 Å². The molecule has 31 heavy (non-hydrogen) atoms. The van der Waals surface area contributed by atoms with E-state index >= 15 is 0 Å². The molecule has 2 heterocycles.